The maximum absolute atomic E-state index is 12.0. The van der Waals surface area contributed by atoms with Crippen molar-refractivity contribution in [2.75, 3.05) is 13.2 Å². The highest BCUT2D eigenvalue weighted by atomic mass is 32.2. The number of carbonyl (C=O) groups is 2. The molecule has 49 heavy (non-hydrogen) atoms. The van der Waals surface area contributed by atoms with E-state index in [1.54, 1.807) is 12.1 Å². The van der Waals surface area contributed by atoms with Gasteiger partial charge in [0.15, 0.2) is 27.9 Å². The number of ether oxygens (including phenoxy) is 4. The second-order valence-corrected chi connectivity index (χ2v) is 16.5. The highest BCUT2D eigenvalue weighted by molar-refractivity contribution is 7.97. The Kier molecular flexibility index (Phi) is 13.5. The fraction of sp³-hybridized carbons (Fsp3) is 0.316. The molecule has 0 radical (unpaired) electrons. The molecule has 11 heteroatoms. The Bertz CT molecular complexity index is 1710. The van der Waals surface area contributed by atoms with Crippen molar-refractivity contribution < 1.29 is 41.5 Å². The zero-order valence-electron chi connectivity index (χ0n) is 29.1. The lowest BCUT2D eigenvalue weighted by Gasteiger charge is -2.19. The van der Waals surface area contributed by atoms with Crippen molar-refractivity contribution in [1.82, 2.24) is 0 Å². The van der Waals surface area contributed by atoms with Crippen LogP contribution in [-0.4, -0.2) is 49.3 Å². The molecule has 4 aromatic rings. The highest BCUT2D eigenvalue weighted by Gasteiger charge is 2.29. The lowest BCUT2D eigenvalue weighted by Crippen LogP contribution is -2.27. The van der Waals surface area contributed by atoms with E-state index < -0.39 is 33.3 Å². The molecule has 0 atom stereocenters. The summed E-state index contributed by atoms with van der Waals surface area (Å²) in [7, 11) is -4.66. The Hall–Kier alpha value is -4.32. The van der Waals surface area contributed by atoms with Crippen LogP contribution < -0.4 is 9.47 Å². The molecule has 0 saturated carbocycles. The first-order valence-electron chi connectivity index (χ1n) is 15.5. The lowest BCUT2D eigenvalue weighted by atomic mass is 10.2. The van der Waals surface area contributed by atoms with Gasteiger partial charge in [0.25, 0.3) is 0 Å². The molecule has 0 saturated heterocycles. The SMILES string of the molecule is Cc1ccc(S(=O)(=O)[O-])cc1.Cc1cccc([S+](c2ccc(OCC(=O)OC(C)(C)C)cc2)c2ccc(OCC(=O)OC(C)(C)C)cc2)c1. The van der Waals surface area contributed by atoms with Crippen molar-refractivity contribution >= 4 is 33.0 Å². The largest absolute Gasteiger partial charge is 0.744 e. The van der Waals surface area contributed by atoms with E-state index in [-0.39, 0.29) is 29.0 Å². The smallest absolute Gasteiger partial charge is 0.344 e. The molecule has 0 spiro atoms. The van der Waals surface area contributed by atoms with Gasteiger partial charge in [0, 0.05) is 0 Å². The molecule has 0 bridgehead atoms. The quantitative estimate of drug-likeness (QED) is 0.0939. The first-order chi connectivity index (χ1) is 22.8. The normalized spacial score (nSPS) is 11.6. The summed E-state index contributed by atoms with van der Waals surface area (Å²) in [6.45, 7) is 14.6. The van der Waals surface area contributed by atoms with Gasteiger partial charge >= 0.3 is 11.9 Å². The number of carbonyl (C=O) groups excluding carboxylic acids is 2. The Labute approximate surface area is 292 Å². The van der Waals surface area contributed by atoms with E-state index in [1.807, 2.05) is 97.0 Å². The van der Waals surface area contributed by atoms with E-state index in [2.05, 4.69) is 31.2 Å². The van der Waals surface area contributed by atoms with Crippen LogP contribution >= 0.6 is 0 Å². The van der Waals surface area contributed by atoms with Gasteiger partial charge in [-0.3, -0.25) is 0 Å². The fourth-order valence-corrected chi connectivity index (χ4v) is 6.85. The first-order valence-corrected chi connectivity index (χ1v) is 18.2. The van der Waals surface area contributed by atoms with Crippen LogP contribution in [0.2, 0.25) is 0 Å². The molecule has 0 heterocycles. The van der Waals surface area contributed by atoms with Crippen LogP contribution in [0.4, 0.5) is 0 Å². The van der Waals surface area contributed by atoms with Crippen molar-refractivity contribution in [2.45, 2.75) is 86.2 Å². The van der Waals surface area contributed by atoms with Crippen LogP contribution in [-0.2, 0) is 40.1 Å². The zero-order valence-corrected chi connectivity index (χ0v) is 30.8. The Balaban J connectivity index is 0.000000501. The molecule has 0 aromatic heterocycles. The molecule has 0 aliphatic rings. The van der Waals surface area contributed by atoms with Gasteiger partial charge in [-0.05, 0) is 134 Å². The van der Waals surface area contributed by atoms with E-state index in [4.69, 9.17) is 18.9 Å². The average molecular weight is 709 g/mol. The minimum Gasteiger partial charge on any atom is -0.744 e. The molecule has 0 fully saturated rings. The van der Waals surface area contributed by atoms with Crippen molar-refractivity contribution in [3.05, 3.63) is 108 Å². The van der Waals surface area contributed by atoms with Crippen LogP contribution in [0.15, 0.2) is 117 Å². The molecule has 0 N–H and O–H groups in total. The fourth-order valence-electron chi connectivity index (χ4n) is 4.23. The van der Waals surface area contributed by atoms with Crippen molar-refractivity contribution in [1.29, 1.82) is 0 Å². The van der Waals surface area contributed by atoms with Crippen LogP contribution in [0.3, 0.4) is 0 Å². The number of rotatable bonds is 10. The predicted molar refractivity (Wildman–Crippen MR) is 188 cm³/mol. The number of hydrogen-bond donors (Lipinski definition) is 0. The Morgan fingerprint density at radius 3 is 1.41 bits per heavy atom. The van der Waals surface area contributed by atoms with E-state index in [0.717, 1.165) is 15.4 Å². The summed E-state index contributed by atoms with van der Waals surface area (Å²) in [6.07, 6.45) is 0. The summed E-state index contributed by atoms with van der Waals surface area (Å²) in [5.41, 5.74) is 0.998. The molecule has 262 valence electrons. The summed E-state index contributed by atoms with van der Waals surface area (Å²) >= 11 is 0. The summed E-state index contributed by atoms with van der Waals surface area (Å²) in [5.74, 6) is 0.377. The molecular weight excluding hydrogens is 665 g/mol. The van der Waals surface area contributed by atoms with E-state index in [9.17, 15) is 22.6 Å². The van der Waals surface area contributed by atoms with Gasteiger partial charge in [0.05, 0.1) is 15.8 Å². The second-order valence-electron chi connectivity index (χ2n) is 13.1. The summed E-state index contributed by atoms with van der Waals surface area (Å²) < 4.78 is 53.1. The molecule has 0 aliphatic heterocycles. The van der Waals surface area contributed by atoms with Crippen molar-refractivity contribution in [3.8, 4) is 11.5 Å². The predicted octanol–water partition coefficient (Wildman–Crippen LogP) is 7.43. The summed E-state index contributed by atoms with van der Waals surface area (Å²) in [4.78, 5) is 27.2. The Morgan fingerprint density at radius 1 is 0.612 bits per heavy atom. The number of benzene rings is 4. The van der Waals surface area contributed by atoms with Crippen LogP contribution in [0.5, 0.6) is 11.5 Å². The minimum absolute atomic E-state index is 0.148. The molecular formula is C38H44O9S2. The van der Waals surface area contributed by atoms with Gasteiger partial charge in [-0.15, -0.1) is 0 Å². The minimum atomic E-state index is -4.27. The molecule has 0 unspecified atom stereocenters. The van der Waals surface area contributed by atoms with E-state index in [0.29, 0.717) is 11.5 Å². The number of esters is 2. The third-order valence-corrected chi connectivity index (χ3v) is 9.27. The molecule has 0 amide bonds. The lowest BCUT2D eigenvalue weighted by molar-refractivity contribution is -0.158. The van der Waals surface area contributed by atoms with Crippen LogP contribution in [0.1, 0.15) is 52.7 Å². The monoisotopic (exact) mass is 708 g/mol. The maximum Gasteiger partial charge on any atom is 0.344 e. The third-order valence-electron chi connectivity index (χ3n) is 6.21. The summed E-state index contributed by atoms with van der Waals surface area (Å²) in [6, 6.07) is 29.8. The van der Waals surface area contributed by atoms with Gasteiger partial charge in [-0.1, -0.05) is 29.8 Å². The topological polar surface area (TPSA) is 128 Å². The van der Waals surface area contributed by atoms with Crippen LogP contribution in [0, 0.1) is 13.8 Å². The number of aryl methyl sites for hydroxylation is 2. The standard InChI is InChI=1S/C31H37O6S.C7H8O3S/c1-22-9-8-10-27(19-22)38(25-15-11-23(12-16-25)34-20-28(32)36-30(2,3)4)26-17-13-24(14-18-26)35-21-29(33)37-31(5,6)7;1-6-2-4-7(5-3-6)11(8,9)10/h8-19H,20-21H2,1-7H3;2-5H,1H3,(H,8,9,10)/q+1;/p-1. The Morgan fingerprint density at radius 2 is 1.04 bits per heavy atom. The first kappa shape index (κ1) is 39.1. The molecule has 0 aliphatic carbocycles. The van der Waals surface area contributed by atoms with Gasteiger partial charge in [-0.25, -0.2) is 18.0 Å². The zero-order chi connectivity index (χ0) is 36.4. The van der Waals surface area contributed by atoms with Gasteiger partial charge in [0.1, 0.15) is 32.8 Å². The maximum atomic E-state index is 12.0. The van der Waals surface area contributed by atoms with E-state index in [1.165, 1.54) is 22.6 Å². The van der Waals surface area contributed by atoms with Gasteiger partial charge in [-0.2, -0.15) is 0 Å². The molecule has 4 aromatic carbocycles. The highest BCUT2D eigenvalue weighted by Crippen LogP contribution is 2.33. The average Bonchev–Trinajstić information content (AvgIpc) is 2.99. The van der Waals surface area contributed by atoms with Crippen molar-refractivity contribution in [3.63, 3.8) is 0 Å². The van der Waals surface area contributed by atoms with Crippen molar-refractivity contribution in [2.24, 2.45) is 0 Å². The van der Waals surface area contributed by atoms with Crippen LogP contribution in [0.25, 0.3) is 0 Å². The van der Waals surface area contributed by atoms with Gasteiger partial charge in [0.2, 0.25) is 0 Å². The van der Waals surface area contributed by atoms with E-state index >= 15 is 0 Å². The second kappa shape index (κ2) is 16.9. The number of hydrogen-bond acceptors (Lipinski definition) is 9. The summed E-state index contributed by atoms with van der Waals surface area (Å²) in [5, 5.41) is 0. The molecule has 4 rings (SSSR count). The molecule has 9 nitrogen and oxygen atoms in total. The van der Waals surface area contributed by atoms with Gasteiger partial charge < -0.3 is 23.5 Å². The third kappa shape index (κ3) is 14.0.